The number of methoxy groups -OCH3 is 1. The highest BCUT2D eigenvalue weighted by atomic mass is 32.2. The van der Waals surface area contributed by atoms with Crippen LogP contribution < -0.4 is 9.64 Å². The number of anilines is 1. The van der Waals surface area contributed by atoms with Gasteiger partial charge < -0.3 is 9.64 Å². The molecule has 2 heterocycles. The van der Waals surface area contributed by atoms with Gasteiger partial charge in [-0.1, -0.05) is 62.9 Å². The average Bonchev–Trinajstić information content (AvgIpc) is 3.18. The van der Waals surface area contributed by atoms with E-state index in [1.165, 1.54) is 17.3 Å². The van der Waals surface area contributed by atoms with Crippen LogP contribution in [0.1, 0.15) is 50.7 Å². The summed E-state index contributed by atoms with van der Waals surface area (Å²) in [5.41, 5.74) is 3.18. The number of nitrogens with zero attached hydrogens (tertiary/aromatic N) is 3. The van der Waals surface area contributed by atoms with Gasteiger partial charge in [0.2, 0.25) is 5.91 Å². The van der Waals surface area contributed by atoms with Crippen molar-refractivity contribution in [1.29, 1.82) is 0 Å². The largest absolute Gasteiger partial charge is 0.497 e. The Labute approximate surface area is 212 Å². The minimum Gasteiger partial charge on any atom is -0.497 e. The minimum atomic E-state index is -0.215. The molecule has 0 atom stereocenters. The van der Waals surface area contributed by atoms with E-state index in [4.69, 9.17) is 4.74 Å². The second-order valence-electron chi connectivity index (χ2n) is 9.44. The lowest BCUT2D eigenvalue weighted by atomic mass is 9.99. The van der Waals surface area contributed by atoms with Crippen molar-refractivity contribution < 1.29 is 14.3 Å². The van der Waals surface area contributed by atoms with Crippen molar-refractivity contribution in [2.45, 2.75) is 39.5 Å². The van der Waals surface area contributed by atoms with Crippen molar-refractivity contribution in [2.24, 2.45) is 10.9 Å². The number of hydrogen-bond acceptors (Lipinski definition) is 5. The van der Waals surface area contributed by atoms with Gasteiger partial charge in [0.05, 0.1) is 18.6 Å². The number of amidine groups is 1. The lowest BCUT2D eigenvalue weighted by molar-refractivity contribution is -0.129. The molecule has 0 aliphatic carbocycles. The minimum absolute atomic E-state index is 0.0874. The topological polar surface area (TPSA) is 62.2 Å². The molecule has 0 N–H and O–H groups in total. The molecular formula is C28H33N3O3S. The van der Waals surface area contributed by atoms with Crippen LogP contribution in [0.25, 0.3) is 6.08 Å². The van der Waals surface area contributed by atoms with Gasteiger partial charge in [0.1, 0.15) is 11.4 Å². The lowest BCUT2D eigenvalue weighted by Gasteiger charge is -2.30. The van der Waals surface area contributed by atoms with Crippen molar-refractivity contribution >= 4 is 40.5 Å². The Bertz CT molecular complexity index is 1130. The van der Waals surface area contributed by atoms with E-state index >= 15 is 0 Å². The van der Waals surface area contributed by atoms with Gasteiger partial charge in [-0.2, -0.15) is 0 Å². The van der Waals surface area contributed by atoms with E-state index in [1.54, 1.807) is 18.1 Å². The van der Waals surface area contributed by atoms with Gasteiger partial charge in [-0.25, -0.2) is 4.99 Å². The van der Waals surface area contributed by atoms with Crippen molar-refractivity contribution in [2.75, 3.05) is 30.9 Å². The highest BCUT2D eigenvalue weighted by Crippen LogP contribution is 2.32. The molecule has 0 saturated carbocycles. The van der Waals surface area contributed by atoms with Crippen molar-refractivity contribution in [3.8, 4) is 5.75 Å². The van der Waals surface area contributed by atoms with E-state index in [-0.39, 0.29) is 17.6 Å². The van der Waals surface area contributed by atoms with Crippen molar-refractivity contribution in [1.82, 2.24) is 4.90 Å². The molecule has 2 aliphatic heterocycles. The number of ether oxygens (including phenoxy) is 1. The summed E-state index contributed by atoms with van der Waals surface area (Å²) < 4.78 is 5.36. The Morgan fingerprint density at radius 2 is 1.89 bits per heavy atom. The predicted octanol–water partition coefficient (Wildman–Crippen LogP) is 5.55. The highest BCUT2D eigenvalue weighted by Gasteiger charge is 2.33. The highest BCUT2D eigenvalue weighted by molar-refractivity contribution is 8.14. The Morgan fingerprint density at radius 3 is 2.54 bits per heavy atom. The fourth-order valence-corrected chi connectivity index (χ4v) is 5.10. The monoisotopic (exact) mass is 491 g/mol. The number of rotatable bonds is 6. The molecule has 1 fully saturated rings. The molecule has 0 aromatic heterocycles. The zero-order valence-corrected chi connectivity index (χ0v) is 21.7. The van der Waals surface area contributed by atoms with Gasteiger partial charge in [-0.05, 0) is 54.0 Å². The molecule has 6 nitrogen and oxygen atoms in total. The Kier molecular flexibility index (Phi) is 7.96. The number of piperidine rings is 1. The number of aliphatic imine (C=N–C) groups is 1. The summed E-state index contributed by atoms with van der Waals surface area (Å²) in [6.45, 7) is 8.12. The maximum absolute atomic E-state index is 13.5. The fourth-order valence-electron chi connectivity index (χ4n) is 4.18. The molecule has 2 aromatic rings. The summed E-state index contributed by atoms with van der Waals surface area (Å²) >= 11 is 1.31. The molecule has 2 amide bonds. The molecule has 7 heteroatoms. The van der Waals surface area contributed by atoms with Gasteiger partial charge in [0.15, 0.2) is 5.17 Å². The molecule has 0 radical (unpaired) electrons. The Morgan fingerprint density at radius 1 is 1.17 bits per heavy atom. The molecule has 0 unspecified atom stereocenters. The molecule has 0 bridgehead atoms. The molecule has 0 spiro atoms. The fraction of sp³-hybridized carbons (Fsp3) is 0.393. The van der Waals surface area contributed by atoms with Gasteiger partial charge >= 0.3 is 0 Å². The van der Waals surface area contributed by atoms with Crippen LogP contribution in [0.5, 0.6) is 5.75 Å². The van der Waals surface area contributed by atoms with Crippen LogP contribution in [0.2, 0.25) is 0 Å². The first-order chi connectivity index (χ1) is 16.9. The van der Waals surface area contributed by atoms with E-state index in [2.05, 4.69) is 37.9 Å². The maximum Gasteiger partial charge on any atom is 0.283 e. The zero-order chi connectivity index (χ0) is 24.9. The van der Waals surface area contributed by atoms with E-state index in [0.717, 1.165) is 31.5 Å². The van der Waals surface area contributed by atoms with Crippen LogP contribution in [-0.2, 0) is 9.59 Å². The normalized spacial score (nSPS) is 17.9. The van der Waals surface area contributed by atoms with Crippen LogP contribution in [0.3, 0.4) is 0 Å². The van der Waals surface area contributed by atoms with Gasteiger partial charge in [0, 0.05) is 19.2 Å². The van der Waals surface area contributed by atoms with Crippen LogP contribution in [0, 0.1) is 5.92 Å². The van der Waals surface area contributed by atoms with Crippen molar-refractivity contribution in [3.05, 3.63) is 65.4 Å². The summed E-state index contributed by atoms with van der Waals surface area (Å²) in [6, 6.07) is 15.5. The van der Waals surface area contributed by atoms with E-state index < -0.39 is 0 Å². The molecule has 2 aromatic carbocycles. The summed E-state index contributed by atoms with van der Waals surface area (Å²) in [7, 11) is 1.60. The standard InChI is InChI=1S/C28H33N3O3S/c1-19(2)22-10-8-21(9-11-22)16-25-27(33)31(23-6-5-7-24(17-23)34-4)28(29-25)35-18-26(32)30-14-12-20(3)13-15-30/h5-11,16-17,19-20H,12-15,18H2,1-4H3/b25-16-. The summed E-state index contributed by atoms with van der Waals surface area (Å²) in [6.07, 6.45) is 3.88. The molecule has 4 rings (SSSR count). The summed E-state index contributed by atoms with van der Waals surface area (Å²) in [5, 5.41) is 0.507. The number of amides is 2. The SMILES string of the molecule is COc1cccc(N2C(=O)/C(=C/c3ccc(C(C)C)cc3)N=C2SCC(=O)N2CCC(C)CC2)c1. The molecule has 35 heavy (non-hydrogen) atoms. The third-order valence-electron chi connectivity index (χ3n) is 6.51. The number of thioether (sulfide) groups is 1. The number of carbonyl (C=O) groups excluding carboxylic acids is 2. The Hall–Kier alpha value is -3.06. The van der Waals surface area contributed by atoms with E-state index in [9.17, 15) is 9.59 Å². The molecule has 1 saturated heterocycles. The van der Waals surface area contributed by atoms with Crippen LogP contribution in [0.4, 0.5) is 5.69 Å². The third-order valence-corrected chi connectivity index (χ3v) is 7.43. The number of likely N-dealkylation sites (tertiary alicyclic amines) is 1. The average molecular weight is 492 g/mol. The molecule has 184 valence electrons. The van der Waals surface area contributed by atoms with Gasteiger partial charge in [-0.15, -0.1) is 0 Å². The zero-order valence-electron chi connectivity index (χ0n) is 20.9. The van der Waals surface area contributed by atoms with Crippen LogP contribution in [-0.4, -0.2) is 47.8 Å². The van der Waals surface area contributed by atoms with Gasteiger partial charge in [0.25, 0.3) is 5.91 Å². The lowest BCUT2D eigenvalue weighted by Crippen LogP contribution is -2.39. The summed E-state index contributed by atoms with van der Waals surface area (Å²) in [4.78, 5) is 34.5. The van der Waals surface area contributed by atoms with Crippen LogP contribution >= 0.6 is 11.8 Å². The molecule has 2 aliphatic rings. The first kappa shape index (κ1) is 25.0. The van der Waals surface area contributed by atoms with Crippen LogP contribution in [0.15, 0.2) is 59.2 Å². The maximum atomic E-state index is 13.5. The van der Waals surface area contributed by atoms with E-state index in [1.807, 2.05) is 41.3 Å². The predicted molar refractivity (Wildman–Crippen MR) is 144 cm³/mol. The number of hydrogen-bond donors (Lipinski definition) is 0. The van der Waals surface area contributed by atoms with E-state index in [0.29, 0.717) is 34.1 Å². The first-order valence-electron chi connectivity index (χ1n) is 12.1. The summed E-state index contributed by atoms with van der Waals surface area (Å²) in [5.74, 6) is 1.87. The second kappa shape index (κ2) is 11.1. The number of carbonyl (C=O) groups is 2. The third kappa shape index (κ3) is 5.96. The van der Waals surface area contributed by atoms with Crippen molar-refractivity contribution in [3.63, 3.8) is 0 Å². The first-order valence-corrected chi connectivity index (χ1v) is 13.1. The molecular weight excluding hydrogens is 458 g/mol. The smallest absolute Gasteiger partial charge is 0.283 e. The Balaban J connectivity index is 1.58. The quantitative estimate of drug-likeness (QED) is 0.497. The second-order valence-corrected chi connectivity index (χ2v) is 10.4. The van der Waals surface area contributed by atoms with Gasteiger partial charge in [-0.3, -0.25) is 14.5 Å². The number of benzene rings is 2.